The van der Waals surface area contributed by atoms with Crippen molar-refractivity contribution in [3.05, 3.63) is 45.0 Å². The molecular weight excluding hydrogens is 234 g/mol. The van der Waals surface area contributed by atoms with E-state index in [9.17, 15) is 10.1 Å². The third-order valence-corrected chi connectivity index (χ3v) is 1.70. The minimum absolute atomic E-state index is 0.393. The lowest BCUT2D eigenvalue weighted by Crippen LogP contribution is -2.28. The van der Waals surface area contributed by atoms with Crippen LogP contribution in [0.3, 0.4) is 0 Å². The number of benzene rings is 1. The van der Waals surface area contributed by atoms with Gasteiger partial charge in [-0.05, 0) is 17.7 Å². The molecule has 0 fully saturated rings. The van der Waals surface area contributed by atoms with Crippen molar-refractivity contribution < 1.29 is 5.03 Å². The van der Waals surface area contributed by atoms with Crippen molar-refractivity contribution in [1.29, 1.82) is 0 Å². The molecule has 0 saturated carbocycles. The fourth-order valence-corrected chi connectivity index (χ4v) is 0.958. The molecular formula is C8H8ClN5O2. The average molecular weight is 242 g/mol. The van der Waals surface area contributed by atoms with E-state index in [0.717, 1.165) is 5.56 Å². The van der Waals surface area contributed by atoms with Crippen molar-refractivity contribution in [2.24, 2.45) is 15.9 Å². The molecule has 0 bridgehead atoms. The summed E-state index contributed by atoms with van der Waals surface area (Å²) in [5.41, 5.74) is 8.09. The normalized spacial score (nSPS) is 11.7. The second-order valence-electron chi connectivity index (χ2n) is 2.64. The molecule has 0 radical (unpaired) electrons. The molecule has 1 rings (SSSR count). The van der Waals surface area contributed by atoms with Gasteiger partial charge in [-0.3, -0.25) is 0 Å². The topological polar surface area (TPSA) is 106 Å². The third-order valence-electron chi connectivity index (χ3n) is 1.45. The van der Waals surface area contributed by atoms with Crippen LogP contribution in [-0.4, -0.2) is 17.2 Å². The van der Waals surface area contributed by atoms with Crippen LogP contribution in [-0.2, 0) is 0 Å². The van der Waals surface area contributed by atoms with Crippen LogP contribution in [0.5, 0.6) is 0 Å². The monoisotopic (exact) mass is 241 g/mol. The van der Waals surface area contributed by atoms with Gasteiger partial charge in [-0.2, -0.15) is 5.10 Å². The molecule has 0 saturated heterocycles. The first-order valence-electron chi connectivity index (χ1n) is 4.11. The molecule has 0 aromatic heterocycles. The number of nitrogens with one attached hydrogen (secondary N) is 1. The predicted molar refractivity (Wildman–Crippen MR) is 60.8 cm³/mol. The Morgan fingerprint density at radius 1 is 1.50 bits per heavy atom. The summed E-state index contributed by atoms with van der Waals surface area (Å²) in [6, 6.07) is 6.84. The molecule has 1 aromatic rings. The summed E-state index contributed by atoms with van der Waals surface area (Å²) in [6.45, 7) is 0. The zero-order chi connectivity index (χ0) is 12.0. The van der Waals surface area contributed by atoms with Crippen LogP contribution in [0.15, 0.2) is 34.5 Å². The largest absolute Gasteiger partial charge is 0.363 e. The zero-order valence-electron chi connectivity index (χ0n) is 8.00. The minimum Gasteiger partial charge on any atom is -0.363 e. The highest BCUT2D eigenvalue weighted by molar-refractivity contribution is 6.30. The van der Waals surface area contributed by atoms with Crippen LogP contribution in [0.2, 0.25) is 5.02 Å². The maximum atomic E-state index is 9.91. The van der Waals surface area contributed by atoms with Crippen LogP contribution >= 0.6 is 11.6 Å². The summed E-state index contributed by atoms with van der Waals surface area (Å²) in [5.74, 6) is -0.393. The summed E-state index contributed by atoms with van der Waals surface area (Å²) >= 11 is 5.68. The highest BCUT2D eigenvalue weighted by Crippen LogP contribution is 2.07. The summed E-state index contributed by atoms with van der Waals surface area (Å²) in [5, 5.41) is 16.0. The van der Waals surface area contributed by atoms with Gasteiger partial charge in [-0.25, -0.2) is 15.5 Å². The number of hydrazone groups is 2. The molecule has 84 valence electrons. The summed E-state index contributed by atoms with van der Waals surface area (Å²) in [7, 11) is 0. The number of rotatable bonds is 3. The van der Waals surface area contributed by atoms with Crippen molar-refractivity contribution in [1.82, 2.24) is 5.43 Å². The maximum absolute atomic E-state index is 9.91. The summed E-state index contributed by atoms with van der Waals surface area (Å²) in [6.07, 6.45) is 1.43. The lowest BCUT2D eigenvalue weighted by molar-refractivity contribution is -0.485. The Labute approximate surface area is 95.7 Å². The minimum atomic E-state index is -0.917. The molecule has 0 aliphatic carbocycles. The highest BCUT2D eigenvalue weighted by atomic mass is 35.5. The Morgan fingerprint density at radius 2 is 2.12 bits per heavy atom. The Hall–Kier alpha value is -2.15. The molecule has 0 spiro atoms. The van der Waals surface area contributed by atoms with Gasteiger partial charge in [0.25, 0.3) is 5.96 Å². The average Bonchev–Trinajstić information content (AvgIpc) is 2.20. The molecule has 0 atom stereocenters. The van der Waals surface area contributed by atoms with Crippen molar-refractivity contribution in [2.45, 2.75) is 0 Å². The maximum Gasteiger partial charge on any atom is 0.286 e. The lowest BCUT2D eigenvalue weighted by Gasteiger charge is -1.94. The van der Waals surface area contributed by atoms with E-state index in [2.05, 4.69) is 15.6 Å². The lowest BCUT2D eigenvalue weighted by atomic mass is 10.2. The summed E-state index contributed by atoms with van der Waals surface area (Å²) in [4.78, 5) is 9.91. The van der Waals surface area contributed by atoms with Crippen LogP contribution in [0.4, 0.5) is 0 Å². The molecule has 0 heterocycles. The number of halogens is 1. The van der Waals surface area contributed by atoms with E-state index >= 15 is 0 Å². The van der Waals surface area contributed by atoms with E-state index in [4.69, 9.17) is 17.3 Å². The van der Waals surface area contributed by atoms with Gasteiger partial charge in [0.2, 0.25) is 0 Å². The van der Waals surface area contributed by atoms with Gasteiger partial charge >= 0.3 is 0 Å². The fourth-order valence-electron chi connectivity index (χ4n) is 0.832. The fraction of sp³-hybridized carbons (Fsp3) is 0. The van der Waals surface area contributed by atoms with Gasteiger partial charge in [0.15, 0.2) is 5.03 Å². The molecule has 3 N–H and O–H groups in total. The first-order chi connectivity index (χ1) is 7.58. The molecule has 0 amide bonds. The number of nitrogens with two attached hydrogens (primary N) is 1. The van der Waals surface area contributed by atoms with Crippen LogP contribution < -0.4 is 11.2 Å². The predicted octanol–water partition coefficient (Wildman–Crippen LogP) is 0.770. The Bertz CT molecular complexity index is 429. The van der Waals surface area contributed by atoms with E-state index in [1.807, 2.05) is 0 Å². The van der Waals surface area contributed by atoms with Crippen molar-refractivity contribution >= 4 is 23.8 Å². The number of hydrogen-bond acceptors (Lipinski definition) is 3. The van der Waals surface area contributed by atoms with Gasteiger partial charge in [-0.15, -0.1) is 0 Å². The van der Waals surface area contributed by atoms with Crippen LogP contribution in [0.1, 0.15) is 5.56 Å². The smallest absolute Gasteiger partial charge is 0.286 e. The van der Waals surface area contributed by atoms with Gasteiger partial charge < -0.3 is 5.73 Å². The molecule has 16 heavy (non-hydrogen) atoms. The third kappa shape index (κ3) is 4.38. The van der Waals surface area contributed by atoms with Crippen LogP contribution in [0, 0.1) is 10.1 Å². The first kappa shape index (κ1) is 11.9. The van der Waals surface area contributed by atoms with E-state index in [1.54, 1.807) is 24.3 Å². The molecule has 0 unspecified atom stereocenters. The van der Waals surface area contributed by atoms with E-state index in [0.29, 0.717) is 5.02 Å². The summed E-state index contributed by atoms with van der Waals surface area (Å²) < 4.78 is 0. The van der Waals surface area contributed by atoms with Crippen molar-refractivity contribution in [2.75, 3.05) is 0 Å². The molecule has 0 aliphatic heterocycles. The Kier molecular flexibility index (Phi) is 4.22. The molecule has 0 aliphatic rings. The van der Waals surface area contributed by atoms with Gasteiger partial charge in [0.1, 0.15) is 5.10 Å². The number of nitrogens with zero attached hydrogens (tertiary/aromatic N) is 3. The Balaban J connectivity index is 2.55. The number of guanidine groups is 1. The van der Waals surface area contributed by atoms with Crippen LogP contribution in [0.25, 0.3) is 0 Å². The second-order valence-corrected chi connectivity index (χ2v) is 3.08. The molecule has 8 heteroatoms. The number of nitro groups is 1. The van der Waals surface area contributed by atoms with Crippen molar-refractivity contribution in [3.8, 4) is 0 Å². The standard InChI is InChI=1S/C8H8ClN5O2/c9-7-3-1-6(2-4-7)5-11-12-8(10)13-14(15)16/h1-5H,(H3,10,12,13)/b11-5-. The van der Waals surface area contributed by atoms with Crippen molar-refractivity contribution in [3.63, 3.8) is 0 Å². The first-order valence-corrected chi connectivity index (χ1v) is 4.49. The second kappa shape index (κ2) is 5.66. The van der Waals surface area contributed by atoms with E-state index < -0.39 is 11.0 Å². The quantitative estimate of drug-likeness (QED) is 0.353. The zero-order valence-corrected chi connectivity index (χ0v) is 8.76. The molecule has 1 aromatic carbocycles. The molecule has 7 nitrogen and oxygen atoms in total. The SMILES string of the molecule is N/C(=N\[N+](=O)[O-])N/N=C\c1ccc(Cl)cc1. The van der Waals surface area contributed by atoms with Gasteiger partial charge in [0, 0.05) is 5.02 Å². The van der Waals surface area contributed by atoms with Gasteiger partial charge in [-0.1, -0.05) is 23.7 Å². The van der Waals surface area contributed by atoms with E-state index in [-0.39, 0.29) is 0 Å². The number of hydrogen-bond donors (Lipinski definition) is 2. The Morgan fingerprint density at radius 3 is 2.69 bits per heavy atom. The van der Waals surface area contributed by atoms with Gasteiger partial charge in [0.05, 0.1) is 6.21 Å². The van der Waals surface area contributed by atoms with E-state index in [1.165, 1.54) is 6.21 Å². The highest BCUT2D eigenvalue weighted by Gasteiger charge is 1.95.